The van der Waals surface area contributed by atoms with Crippen LogP contribution < -0.4 is 16.4 Å². The van der Waals surface area contributed by atoms with Crippen LogP contribution in [0, 0.1) is 11.3 Å². The quantitative estimate of drug-likeness (QED) is 0.176. The molecule has 14 nitrogen and oxygen atoms in total. The van der Waals surface area contributed by atoms with Gasteiger partial charge in [-0.2, -0.15) is 13.2 Å². The Bertz CT molecular complexity index is 1260. The van der Waals surface area contributed by atoms with Gasteiger partial charge in [0.25, 0.3) is 0 Å². The molecule has 5 rings (SSSR count). The number of nitrogens with zero attached hydrogens (tertiary/aromatic N) is 2. The van der Waals surface area contributed by atoms with Crippen molar-refractivity contribution in [3.8, 4) is 0 Å². The number of halogens is 3. The SMILES string of the molecule is N=C(N)c1ccc(NC(=O)CNC(=O)CN2C(=O)[C@@H]3C4CCC(CC4)N3C(=O)[C@@H]2CC(=O)O)cc1.O=C(O)C(F)(F)F. The summed E-state index contributed by atoms with van der Waals surface area (Å²) in [4.78, 5) is 74.3. The van der Waals surface area contributed by atoms with Crippen LogP contribution in [-0.4, -0.2) is 98.8 Å². The second-order valence-electron chi connectivity index (χ2n) is 9.96. The zero-order chi connectivity index (χ0) is 31.4. The van der Waals surface area contributed by atoms with Gasteiger partial charge in [0.05, 0.1) is 13.0 Å². The van der Waals surface area contributed by atoms with Crippen molar-refractivity contribution in [2.45, 2.75) is 56.4 Å². The first-order valence-electron chi connectivity index (χ1n) is 12.8. The number of rotatable bonds is 8. The zero-order valence-corrected chi connectivity index (χ0v) is 22.0. The van der Waals surface area contributed by atoms with Gasteiger partial charge >= 0.3 is 18.1 Å². The van der Waals surface area contributed by atoms with Crippen LogP contribution in [0.3, 0.4) is 0 Å². The van der Waals surface area contributed by atoms with Gasteiger partial charge in [-0.25, -0.2) is 4.79 Å². The molecule has 1 aromatic rings. The molecule has 4 fully saturated rings. The van der Waals surface area contributed by atoms with Crippen LogP contribution in [0.2, 0.25) is 0 Å². The van der Waals surface area contributed by atoms with Gasteiger partial charge in [-0.3, -0.25) is 29.4 Å². The molecule has 1 aliphatic carbocycles. The first-order valence-corrected chi connectivity index (χ1v) is 12.8. The van der Waals surface area contributed by atoms with Crippen molar-refractivity contribution >= 4 is 47.1 Å². The Labute approximate surface area is 236 Å². The second kappa shape index (κ2) is 12.9. The molecule has 42 heavy (non-hydrogen) atoms. The highest BCUT2D eigenvalue weighted by atomic mass is 19.4. The average molecular weight is 599 g/mol. The molecule has 2 bridgehead atoms. The Morgan fingerprint density at radius 1 is 0.976 bits per heavy atom. The molecule has 0 unspecified atom stereocenters. The highest BCUT2D eigenvalue weighted by molar-refractivity contribution is 6.02. The Kier molecular flexibility index (Phi) is 9.75. The van der Waals surface area contributed by atoms with Crippen LogP contribution in [-0.2, 0) is 28.8 Å². The number of anilines is 1. The number of aliphatic carboxylic acids is 2. The summed E-state index contributed by atoms with van der Waals surface area (Å²) in [6.45, 7) is -0.891. The highest BCUT2D eigenvalue weighted by Crippen LogP contribution is 2.43. The van der Waals surface area contributed by atoms with Crippen molar-refractivity contribution in [1.29, 1.82) is 5.41 Å². The van der Waals surface area contributed by atoms with Crippen molar-refractivity contribution < 1.29 is 52.2 Å². The molecule has 0 aromatic heterocycles. The maximum atomic E-state index is 13.3. The van der Waals surface area contributed by atoms with Gasteiger partial charge in [-0.05, 0) is 55.9 Å². The molecule has 1 aromatic carbocycles. The number of carboxylic acids is 2. The fraction of sp³-hybridized carbons (Fsp3) is 0.480. The van der Waals surface area contributed by atoms with Crippen LogP contribution in [0.4, 0.5) is 18.9 Å². The number of hydrogen-bond donors (Lipinski definition) is 6. The lowest BCUT2D eigenvalue weighted by Crippen LogP contribution is -2.72. The molecule has 17 heteroatoms. The molecule has 4 amide bonds. The van der Waals surface area contributed by atoms with E-state index in [4.69, 9.17) is 21.0 Å². The number of nitrogens with two attached hydrogens (primary N) is 1. The number of nitrogen functional groups attached to an aromatic ring is 1. The maximum Gasteiger partial charge on any atom is 0.490 e. The first-order chi connectivity index (χ1) is 19.6. The van der Waals surface area contributed by atoms with Crippen LogP contribution in [0.1, 0.15) is 37.7 Å². The predicted molar refractivity (Wildman–Crippen MR) is 137 cm³/mol. The molecular formula is C25H29F3N6O8. The summed E-state index contributed by atoms with van der Waals surface area (Å²) in [5, 5.41) is 28.8. The van der Waals surface area contributed by atoms with E-state index in [-0.39, 0.29) is 24.3 Å². The lowest BCUT2D eigenvalue weighted by molar-refractivity contribution is -0.192. The summed E-state index contributed by atoms with van der Waals surface area (Å²) in [6, 6.07) is 4.29. The summed E-state index contributed by atoms with van der Waals surface area (Å²) in [5.41, 5.74) is 6.34. The van der Waals surface area contributed by atoms with Gasteiger partial charge < -0.3 is 36.4 Å². The van der Waals surface area contributed by atoms with Crippen molar-refractivity contribution in [3.05, 3.63) is 29.8 Å². The Morgan fingerprint density at radius 3 is 2.05 bits per heavy atom. The maximum absolute atomic E-state index is 13.3. The Hall–Kier alpha value is -4.70. The van der Waals surface area contributed by atoms with Gasteiger partial charge in [-0.1, -0.05) is 0 Å². The number of carboxylic acid groups (broad SMARTS) is 2. The molecule has 0 radical (unpaired) electrons. The third-order valence-electron chi connectivity index (χ3n) is 7.18. The van der Waals surface area contributed by atoms with Gasteiger partial charge in [0.15, 0.2) is 0 Å². The lowest BCUT2D eigenvalue weighted by atomic mass is 9.72. The van der Waals surface area contributed by atoms with Crippen LogP contribution in [0.15, 0.2) is 24.3 Å². The van der Waals surface area contributed by atoms with Crippen LogP contribution >= 0.6 is 0 Å². The molecule has 3 saturated heterocycles. The van der Waals surface area contributed by atoms with E-state index in [9.17, 15) is 42.3 Å². The summed E-state index contributed by atoms with van der Waals surface area (Å²) in [5.74, 6) is -6.11. The van der Waals surface area contributed by atoms with Crippen molar-refractivity contribution in [2.75, 3.05) is 18.4 Å². The Morgan fingerprint density at radius 2 is 1.55 bits per heavy atom. The summed E-state index contributed by atoms with van der Waals surface area (Å²) in [6.07, 6.45) is -2.43. The predicted octanol–water partition coefficient (Wildman–Crippen LogP) is 0.114. The fourth-order valence-corrected chi connectivity index (χ4v) is 5.30. The second-order valence-corrected chi connectivity index (χ2v) is 9.96. The summed E-state index contributed by atoms with van der Waals surface area (Å²) < 4.78 is 31.7. The number of alkyl halides is 3. The molecule has 2 atom stereocenters. The minimum absolute atomic E-state index is 0.00737. The van der Waals surface area contributed by atoms with Gasteiger partial charge in [0, 0.05) is 17.3 Å². The summed E-state index contributed by atoms with van der Waals surface area (Å²) in [7, 11) is 0. The number of amides is 4. The molecule has 0 spiro atoms. The van der Waals surface area contributed by atoms with Gasteiger partial charge in [-0.15, -0.1) is 0 Å². The number of benzene rings is 1. The van der Waals surface area contributed by atoms with Crippen molar-refractivity contribution in [3.63, 3.8) is 0 Å². The van der Waals surface area contributed by atoms with E-state index in [0.717, 1.165) is 30.6 Å². The molecule has 228 valence electrons. The first kappa shape index (κ1) is 31.8. The average Bonchev–Trinajstić information content (AvgIpc) is 2.92. The molecule has 3 heterocycles. The minimum Gasteiger partial charge on any atom is -0.481 e. The highest BCUT2D eigenvalue weighted by Gasteiger charge is 2.55. The number of carbonyl (C=O) groups excluding carboxylic acids is 4. The van der Waals surface area contributed by atoms with E-state index in [1.54, 1.807) is 29.2 Å². The monoisotopic (exact) mass is 598 g/mol. The van der Waals surface area contributed by atoms with E-state index in [1.165, 1.54) is 0 Å². The van der Waals surface area contributed by atoms with Gasteiger partial charge in [0.2, 0.25) is 23.6 Å². The van der Waals surface area contributed by atoms with Gasteiger partial charge in [0.1, 0.15) is 24.5 Å². The van der Waals surface area contributed by atoms with E-state index >= 15 is 0 Å². The minimum atomic E-state index is -5.08. The Balaban J connectivity index is 0.000000616. The smallest absolute Gasteiger partial charge is 0.481 e. The standard InChI is InChI=1S/C23H28N6O6.C2HF3O2/c24-21(25)13-1-5-14(6-2-13)27-17(30)10-26-18(31)11-28-16(9-19(32)33)22(34)29-15-7-3-12(4-8-15)20(29)23(28)35;3-2(4,5)1(6)7/h1-2,5-6,12,15-16,20H,3-4,7-11H2,(H3,24,25)(H,26,31)(H,27,30)(H,32,33);(H,6,7)/t12?,15?,16-,20-;/m0./s1. The van der Waals surface area contributed by atoms with E-state index in [1.807, 2.05) is 0 Å². The van der Waals surface area contributed by atoms with E-state index < -0.39 is 66.8 Å². The normalized spacial score (nSPS) is 22.8. The largest absolute Gasteiger partial charge is 0.490 e. The number of fused-ring (bicyclic) bond motifs is 2. The molecule has 7 N–H and O–H groups in total. The van der Waals surface area contributed by atoms with Crippen molar-refractivity contribution in [2.24, 2.45) is 11.7 Å². The number of amidine groups is 1. The molecule has 3 aliphatic heterocycles. The topological polar surface area (TPSA) is 223 Å². The summed E-state index contributed by atoms with van der Waals surface area (Å²) >= 11 is 0. The molecule has 1 saturated carbocycles. The van der Waals surface area contributed by atoms with Crippen LogP contribution in [0.25, 0.3) is 0 Å². The van der Waals surface area contributed by atoms with E-state index in [2.05, 4.69) is 10.6 Å². The third kappa shape index (κ3) is 7.52. The van der Waals surface area contributed by atoms with Crippen molar-refractivity contribution in [1.82, 2.24) is 15.1 Å². The molecule has 4 aliphatic rings. The van der Waals surface area contributed by atoms with E-state index in [0.29, 0.717) is 11.3 Å². The third-order valence-corrected chi connectivity index (χ3v) is 7.18. The molecular weight excluding hydrogens is 569 g/mol. The number of piperazine rings is 1. The number of hydrogen-bond acceptors (Lipinski definition) is 7. The lowest BCUT2D eigenvalue weighted by Gasteiger charge is -2.56. The van der Waals surface area contributed by atoms with Crippen LogP contribution in [0.5, 0.6) is 0 Å². The zero-order valence-electron chi connectivity index (χ0n) is 22.0. The number of carbonyl (C=O) groups is 6. The fourth-order valence-electron chi connectivity index (χ4n) is 5.30. The number of piperidine rings is 2. The number of nitrogens with one attached hydrogen (secondary N) is 3.